The Morgan fingerprint density at radius 1 is 1.22 bits per heavy atom. The number of carbonyl (C=O) groups is 1. The standard InChI is InChI=1S/C15H12BrClF2N2O2/c1-20-13-7-2-9(8-12(13)16)14(22)21-10-3-5-11(6-4-10)23-15(17,18)19/h2-8,20H,1H3,(H,21,22). The molecule has 2 aromatic carbocycles. The van der Waals surface area contributed by atoms with Gasteiger partial charge in [0.15, 0.2) is 0 Å². The molecule has 0 saturated heterocycles. The minimum Gasteiger partial charge on any atom is -0.420 e. The quantitative estimate of drug-likeness (QED) is 0.695. The Labute approximate surface area is 144 Å². The summed E-state index contributed by atoms with van der Waals surface area (Å²) < 4.78 is 30.0. The zero-order valence-corrected chi connectivity index (χ0v) is 14.2. The van der Waals surface area contributed by atoms with Crippen molar-refractivity contribution in [3.05, 3.63) is 52.5 Å². The number of hydrogen-bond acceptors (Lipinski definition) is 3. The van der Waals surface area contributed by atoms with E-state index in [2.05, 4.69) is 42.9 Å². The number of rotatable bonds is 5. The van der Waals surface area contributed by atoms with Gasteiger partial charge in [0.05, 0.1) is 0 Å². The maximum absolute atomic E-state index is 12.5. The molecular weight excluding hydrogens is 394 g/mol. The van der Waals surface area contributed by atoms with Crippen molar-refractivity contribution in [1.82, 2.24) is 0 Å². The first-order valence-corrected chi connectivity index (χ1v) is 7.60. The van der Waals surface area contributed by atoms with Crippen molar-refractivity contribution >= 4 is 44.8 Å². The largest absolute Gasteiger partial charge is 0.487 e. The monoisotopic (exact) mass is 404 g/mol. The Morgan fingerprint density at radius 3 is 2.39 bits per heavy atom. The van der Waals surface area contributed by atoms with Crippen molar-refractivity contribution in [2.45, 2.75) is 5.57 Å². The van der Waals surface area contributed by atoms with Crippen molar-refractivity contribution in [2.24, 2.45) is 0 Å². The maximum atomic E-state index is 12.5. The predicted octanol–water partition coefficient (Wildman–Crippen LogP) is 4.91. The molecule has 8 heteroatoms. The lowest BCUT2D eigenvalue weighted by Gasteiger charge is -2.11. The molecule has 2 N–H and O–H groups in total. The summed E-state index contributed by atoms with van der Waals surface area (Å²) in [6.07, 6.45) is 0. The van der Waals surface area contributed by atoms with Gasteiger partial charge in [0, 0.05) is 40.1 Å². The van der Waals surface area contributed by atoms with E-state index in [9.17, 15) is 13.6 Å². The molecule has 2 aromatic rings. The van der Waals surface area contributed by atoms with Crippen LogP contribution in [0.25, 0.3) is 0 Å². The second-order valence-electron chi connectivity index (χ2n) is 4.47. The summed E-state index contributed by atoms with van der Waals surface area (Å²) in [7, 11) is 1.77. The van der Waals surface area contributed by atoms with Crippen LogP contribution in [0.4, 0.5) is 20.2 Å². The number of benzene rings is 2. The van der Waals surface area contributed by atoms with E-state index in [-0.39, 0.29) is 11.7 Å². The number of nitrogens with one attached hydrogen (secondary N) is 2. The van der Waals surface area contributed by atoms with E-state index in [1.54, 1.807) is 25.2 Å². The third-order valence-electron chi connectivity index (χ3n) is 2.85. The number of halogens is 4. The molecule has 0 bridgehead atoms. The number of carbonyl (C=O) groups excluding carboxylic acids is 1. The van der Waals surface area contributed by atoms with Crippen molar-refractivity contribution in [3.63, 3.8) is 0 Å². The fraction of sp³-hybridized carbons (Fsp3) is 0.133. The molecule has 0 aliphatic rings. The number of alkyl halides is 3. The van der Waals surface area contributed by atoms with Crippen LogP contribution < -0.4 is 15.4 Å². The van der Waals surface area contributed by atoms with E-state index in [4.69, 9.17) is 0 Å². The van der Waals surface area contributed by atoms with Gasteiger partial charge in [-0.05, 0) is 58.4 Å². The van der Waals surface area contributed by atoms with Crippen LogP contribution in [-0.4, -0.2) is 18.5 Å². The van der Waals surface area contributed by atoms with Crippen LogP contribution in [0.1, 0.15) is 10.4 Å². The van der Waals surface area contributed by atoms with Gasteiger partial charge in [-0.1, -0.05) is 0 Å². The van der Waals surface area contributed by atoms with Gasteiger partial charge in [-0.15, -0.1) is 8.78 Å². The summed E-state index contributed by atoms with van der Waals surface area (Å²) in [6, 6.07) is 10.5. The Kier molecular flexibility index (Phi) is 5.43. The summed E-state index contributed by atoms with van der Waals surface area (Å²) in [5.41, 5.74) is -2.03. The first kappa shape index (κ1) is 17.5. The summed E-state index contributed by atoms with van der Waals surface area (Å²) in [6.45, 7) is 0. The molecule has 0 fully saturated rings. The SMILES string of the molecule is CNc1ccc(C(=O)Nc2ccc(OC(F)(F)Cl)cc2)cc1Br. The minimum absolute atomic E-state index is 0.107. The second-order valence-corrected chi connectivity index (χ2v) is 5.77. The van der Waals surface area contributed by atoms with Gasteiger partial charge < -0.3 is 15.4 Å². The van der Waals surface area contributed by atoms with Gasteiger partial charge in [-0.3, -0.25) is 4.79 Å². The highest BCUT2D eigenvalue weighted by Crippen LogP contribution is 2.27. The molecule has 0 atom stereocenters. The highest BCUT2D eigenvalue weighted by atomic mass is 79.9. The fourth-order valence-electron chi connectivity index (χ4n) is 1.80. The summed E-state index contributed by atoms with van der Waals surface area (Å²) in [5, 5.41) is 5.63. The third-order valence-corrected chi connectivity index (χ3v) is 3.58. The molecule has 0 unspecified atom stereocenters. The van der Waals surface area contributed by atoms with Gasteiger partial charge >= 0.3 is 5.57 Å². The molecule has 0 spiro atoms. The number of anilines is 2. The van der Waals surface area contributed by atoms with E-state index < -0.39 is 5.57 Å². The van der Waals surface area contributed by atoms with E-state index in [1.165, 1.54) is 24.3 Å². The van der Waals surface area contributed by atoms with Crippen LogP contribution in [-0.2, 0) is 0 Å². The highest BCUT2D eigenvalue weighted by Gasteiger charge is 2.27. The Morgan fingerprint density at radius 2 is 1.87 bits per heavy atom. The zero-order valence-electron chi connectivity index (χ0n) is 11.9. The van der Waals surface area contributed by atoms with E-state index in [0.29, 0.717) is 11.3 Å². The lowest BCUT2D eigenvalue weighted by Crippen LogP contribution is -2.15. The van der Waals surface area contributed by atoms with Crippen molar-refractivity contribution in [3.8, 4) is 5.75 Å². The summed E-state index contributed by atoms with van der Waals surface area (Å²) in [5.74, 6) is -0.436. The molecule has 0 heterocycles. The van der Waals surface area contributed by atoms with E-state index in [1.807, 2.05) is 0 Å². The average Bonchev–Trinajstić information content (AvgIpc) is 2.47. The molecule has 0 radical (unpaired) electrons. The molecule has 2 rings (SSSR count). The summed E-state index contributed by atoms with van der Waals surface area (Å²) >= 11 is 8.03. The van der Waals surface area contributed by atoms with Crippen molar-refractivity contribution in [1.29, 1.82) is 0 Å². The van der Waals surface area contributed by atoms with Gasteiger partial charge in [0.2, 0.25) is 0 Å². The first-order valence-electron chi connectivity index (χ1n) is 6.43. The molecular formula is C15H12BrClF2N2O2. The average molecular weight is 406 g/mol. The van der Waals surface area contributed by atoms with Gasteiger partial charge in [-0.2, -0.15) is 0 Å². The minimum atomic E-state index is -3.77. The van der Waals surface area contributed by atoms with Crippen LogP contribution in [0, 0.1) is 0 Å². The first-order chi connectivity index (χ1) is 10.8. The molecule has 0 aliphatic carbocycles. The Hall–Kier alpha value is -1.86. The predicted molar refractivity (Wildman–Crippen MR) is 89.5 cm³/mol. The van der Waals surface area contributed by atoms with Gasteiger partial charge in [-0.25, -0.2) is 0 Å². The van der Waals surface area contributed by atoms with Gasteiger partial charge in [0.25, 0.3) is 5.91 Å². The second kappa shape index (κ2) is 7.14. The number of amides is 1. The summed E-state index contributed by atoms with van der Waals surface area (Å²) in [4.78, 5) is 12.2. The van der Waals surface area contributed by atoms with Crippen LogP contribution in [0.15, 0.2) is 46.9 Å². The smallest absolute Gasteiger partial charge is 0.420 e. The topological polar surface area (TPSA) is 50.4 Å². The van der Waals surface area contributed by atoms with Crippen LogP contribution >= 0.6 is 27.5 Å². The number of hydrogen-bond donors (Lipinski definition) is 2. The lowest BCUT2D eigenvalue weighted by molar-refractivity contribution is -0.0964. The molecule has 0 saturated carbocycles. The van der Waals surface area contributed by atoms with Crippen molar-refractivity contribution < 1.29 is 18.3 Å². The molecule has 0 aliphatic heterocycles. The van der Waals surface area contributed by atoms with E-state index in [0.717, 1.165) is 10.2 Å². The van der Waals surface area contributed by atoms with Crippen LogP contribution in [0.3, 0.4) is 0 Å². The lowest BCUT2D eigenvalue weighted by atomic mass is 10.2. The Bertz CT molecular complexity index is 706. The zero-order chi connectivity index (χ0) is 17.0. The molecule has 0 aromatic heterocycles. The Balaban J connectivity index is 2.07. The van der Waals surface area contributed by atoms with Crippen LogP contribution in [0.2, 0.25) is 0 Å². The third kappa shape index (κ3) is 5.07. The highest BCUT2D eigenvalue weighted by molar-refractivity contribution is 9.10. The molecule has 4 nitrogen and oxygen atoms in total. The van der Waals surface area contributed by atoms with E-state index >= 15 is 0 Å². The maximum Gasteiger partial charge on any atom is 0.487 e. The van der Waals surface area contributed by atoms with Crippen LogP contribution in [0.5, 0.6) is 5.75 Å². The molecule has 1 amide bonds. The van der Waals surface area contributed by atoms with Crippen molar-refractivity contribution in [2.75, 3.05) is 17.7 Å². The normalized spacial score (nSPS) is 11.0. The fourth-order valence-corrected chi connectivity index (χ4v) is 2.47. The molecule has 23 heavy (non-hydrogen) atoms. The number of ether oxygens (including phenoxy) is 1. The van der Waals surface area contributed by atoms with Gasteiger partial charge in [0.1, 0.15) is 5.75 Å². The molecule has 122 valence electrons.